The lowest BCUT2D eigenvalue weighted by molar-refractivity contribution is -0.119. The highest BCUT2D eigenvalue weighted by molar-refractivity contribution is 9.10. The number of amides is 1. The Kier molecular flexibility index (Phi) is 6.31. The Balaban J connectivity index is 1.93. The van der Waals surface area contributed by atoms with Crippen LogP contribution in [0.5, 0.6) is 0 Å². The monoisotopic (exact) mass is 533 g/mol. The first-order chi connectivity index (χ1) is 15.7. The molecule has 0 aliphatic rings. The van der Waals surface area contributed by atoms with Crippen LogP contribution in [-0.2, 0) is 21.2 Å². The van der Waals surface area contributed by atoms with Gasteiger partial charge in [0, 0.05) is 36.4 Å². The quantitative estimate of drug-likeness (QED) is 0.388. The van der Waals surface area contributed by atoms with E-state index in [9.17, 15) is 22.0 Å². The Labute approximate surface area is 197 Å². The number of benzene rings is 2. The molecular weight excluding hydrogens is 516 g/mol. The fourth-order valence-electron chi connectivity index (χ4n) is 3.64. The number of nitrogens with zero attached hydrogens (tertiary/aromatic N) is 2. The summed E-state index contributed by atoms with van der Waals surface area (Å²) >= 11 is 3.38. The van der Waals surface area contributed by atoms with Crippen LogP contribution in [0.15, 0.2) is 76.4 Å². The molecule has 4 rings (SSSR count). The number of fused-ring (bicyclic) bond motifs is 1. The maximum Gasteiger partial charge on any atom is 0.218 e. The van der Waals surface area contributed by atoms with Gasteiger partial charge >= 0.3 is 0 Å². The number of carbonyl (C=O) groups excluding carboxylic acids is 1. The third-order valence-corrected chi connectivity index (χ3v) is 7.41. The molecule has 6 nitrogen and oxygen atoms in total. The second-order valence-electron chi connectivity index (χ2n) is 7.41. The SMILES string of the molecule is CC(=O)NC(c1ccccn1)S(=O)(=O)c1cn(Cc2cccc(Br)c2)c2cc(F)cc(F)c12. The van der Waals surface area contributed by atoms with Crippen LogP contribution >= 0.6 is 15.9 Å². The minimum atomic E-state index is -4.38. The molecule has 1 unspecified atom stereocenters. The normalized spacial score (nSPS) is 12.6. The summed E-state index contributed by atoms with van der Waals surface area (Å²) in [7, 11) is -4.38. The zero-order valence-corrected chi connectivity index (χ0v) is 19.7. The van der Waals surface area contributed by atoms with Crippen molar-refractivity contribution >= 4 is 42.6 Å². The minimum absolute atomic E-state index is 0.0723. The molecule has 0 fully saturated rings. The number of hydrogen-bond donors (Lipinski definition) is 1. The van der Waals surface area contributed by atoms with Gasteiger partial charge in [-0.25, -0.2) is 17.2 Å². The molecule has 0 spiro atoms. The van der Waals surface area contributed by atoms with Gasteiger partial charge in [0.15, 0.2) is 5.37 Å². The van der Waals surface area contributed by atoms with Crippen molar-refractivity contribution in [1.82, 2.24) is 14.9 Å². The molecular formula is C23H18BrF2N3O3S. The number of hydrogen-bond acceptors (Lipinski definition) is 4. The Morgan fingerprint density at radius 3 is 2.61 bits per heavy atom. The average Bonchev–Trinajstić information content (AvgIpc) is 3.12. The predicted octanol–water partition coefficient (Wildman–Crippen LogP) is 4.73. The maximum atomic E-state index is 15.0. The van der Waals surface area contributed by atoms with Gasteiger partial charge in [-0.15, -0.1) is 0 Å². The van der Waals surface area contributed by atoms with Gasteiger partial charge in [0.05, 0.1) is 21.5 Å². The van der Waals surface area contributed by atoms with E-state index in [1.54, 1.807) is 18.2 Å². The maximum absolute atomic E-state index is 15.0. The molecule has 1 N–H and O–H groups in total. The average molecular weight is 534 g/mol. The summed E-state index contributed by atoms with van der Waals surface area (Å²) in [6, 6.07) is 13.6. The topological polar surface area (TPSA) is 81.1 Å². The van der Waals surface area contributed by atoms with Gasteiger partial charge in [-0.05, 0) is 35.9 Å². The summed E-state index contributed by atoms with van der Waals surface area (Å²) in [5.41, 5.74) is 0.940. The fourth-order valence-corrected chi connectivity index (χ4v) is 5.88. The molecule has 2 heterocycles. The standard InChI is InChI=1S/C23H18BrF2N3O3S/c1-14(30)28-23(19-7-2-3-8-27-19)33(31,32)21-13-29(12-15-5-4-6-16(24)9-15)20-11-17(25)10-18(26)22(20)21/h2-11,13,23H,12H2,1H3,(H,28,30). The lowest BCUT2D eigenvalue weighted by Crippen LogP contribution is -2.33. The number of aromatic nitrogens is 2. The van der Waals surface area contributed by atoms with E-state index < -0.39 is 32.8 Å². The largest absolute Gasteiger partial charge is 0.342 e. The Bertz CT molecular complexity index is 1460. The summed E-state index contributed by atoms with van der Waals surface area (Å²) in [5.74, 6) is -2.45. The molecule has 1 amide bonds. The Hall–Kier alpha value is -3.11. The number of pyridine rings is 1. The van der Waals surface area contributed by atoms with Crippen molar-refractivity contribution in [3.8, 4) is 0 Å². The van der Waals surface area contributed by atoms with Gasteiger partial charge in [-0.2, -0.15) is 0 Å². The zero-order chi connectivity index (χ0) is 23.8. The van der Waals surface area contributed by atoms with E-state index in [1.807, 2.05) is 18.2 Å². The van der Waals surface area contributed by atoms with Crippen LogP contribution < -0.4 is 5.32 Å². The molecule has 0 aliphatic carbocycles. The van der Waals surface area contributed by atoms with Gasteiger partial charge in [-0.1, -0.05) is 34.1 Å². The number of carbonyl (C=O) groups is 1. The van der Waals surface area contributed by atoms with Crippen molar-refractivity contribution in [2.45, 2.75) is 23.7 Å². The fraction of sp³-hybridized carbons (Fsp3) is 0.130. The van der Waals surface area contributed by atoms with Crippen LogP contribution in [-0.4, -0.2) is 23.9 Å². The Morgan fingerprint density at radius 1 is 1.15 bits per heavy atom. The van der Waals surface area contributed by atoms with Crippen LogP contribution in [0, 0.1) is 11.6 Å². The van der Waals surface area contributed by atoms with E-state index in [2.05, 4.69) is 26.2 Å². The number of sulfone groups is 1. The molecule has 170 valence electrons. The van der Waals surface area contributed by atoms with E-state index in [1.165, 1.54) is 30.0 Å². The van der Waals surface area contributed by atoms with Gasteiger partial charge in [0.1, 0.15) is 11.6 Å². The third kappa shape index (κ3) is 4.67. The highest BCUT2D eigenvalue weighted by Gasteiger charge is 2.35. The van der Waals surface area contributed by atoms with Crippen LogP contribution in [0.3, 0.4) is 0 Å². The molecule has 2 aromatic heterocycles. The molecule has 1 atom stereocenters. The van der Waals surface area contributed by atoms with Crippen molar-refractivity contribution in [2.75, 3.05) is 0 Å². The van der Waals surface area contributed by atoms with Crippen molar-refractivity contribution < 1.29 is 22.0 Å². The molecule has 0 bridgehead atoms. The van der Waals surface area contributed by atoms with Crippen molar-refractivity contribution in [3.63, 3.8) is 0 Å². The first-order valence-electron chi connectivity index (χ1n) is 9.81. The molecule has 0 aliphatic heterocycles. The van der Waals surface area contributed by atoms with E-state index >= 15 is 0 Å². The summed E-state index contributed by atoms with van der Waals surface area (Å²) < 4.78 is 58.7. The van der Waals surface area contributed by atoms with E-state index in [0.717, 1.165) is 16.1 Å². The highest BCUT2D eigenvalue weighted by Crippen LogP contribution is 2.35. The van der Waals surface area contributed by atoms with Gasteiger partial charge in [0.2, 0.25) is 15.7 Å². The zero-order valence-electron chi connectivity index (χ0n) is 17.3. The molecule has 0 saturated carbocycles. The number of halogens is 3. The summed E-state index contributed by atoms with van der Waals surface area (Å²) in [6.07, 6.45) is 2.66. The molecule has 33 heavy (non-hydrogen) atoms. The van der Waals surface area contributed by atoms with Crippen LogP contribution in [0.4, 0.5) is 8.78 Å². The van der Waals surface area contributed by atoms with Gasteiger partial charge < -0.3 is 9.88 Å². The van der Waals surface area contributed by atoms with Crippen molar-refractivity contribution in [2.24, 2.45) is 0 Å². The van der Waals surface area contributed by atoms with Crippen molar-refractivity contribution in [3.05, 3.63) is 94.4 Å². The minimum Gasteiger partial charge on any atom is -0.342 e. The number of nitrogens with one attached hydrogen (secondary N) is 1. The Morgan fingerprint density at radius 2 is 1.94 bits per heavy atom. The number of rotatable bonds is 6. The van der Waals surface area contributed by atoms with Crippen LogP contribution in [0.25, 0.3) is 10.9 Å². The second-order valence-corrected chi connectivity index (χ2v) is 10.3. The molecule has 0 saturated heterocycles. The van der Waals surface area contributed by atoms with Crippen molar-refractivity contribution in [1.29, 1.82) is 0 Å². The predicted molar refractivity (Wildman–Crippen MR) is 123 cm³/mol. The smallest absolute Gasteiger partial charge is 0.218 e. The summed E-state index contributed by atoms with van der Waals surface area (Å²) in [4.78, 5) is 15.5. The first-order valence-corrected chi connectivity index (χ1v) is 12.1. The molecule has 4 aromatic rings. The van der Waals surface area contributed by atoms with E-state index in [0.29, 0.717) is 6.07 Å². The second kappa shape index (κ2) is 9.03. The van der Waals surface area contributed by atoms with Gasteiger partial charge in [-0.3, -0.25) is 9.78 Å². The third-order valence-electron chi connectivity index (χ3n) is 5.01. The van der Waals surface area contributed by atoms with E-state index in [-0.39, 0.29) is 28.0 Å². The molecule has 2 aromatic carbocycles. The highest BCUT2D eigenvalue weighted by atomic mass is 79.9. The summed E-state index contributed by atoms with van der Waals surface area (Å²) in [6.45, 7) is 1.35. The lowest BCUT2D eigenvalue weighted by Gasteiger charge is -2.17. The van der Waals surface area contributed by atoms with Crippen LogP contribution in [0.1, 0.15) is 23.6 Å². The van der Waals surface area contributed by atoms with Gasteiger partial charge in [0.25, 0.3) is 0 Å². The molecule has 0 radical (unpaired) electrons. The van der Waals surface area contributed by atoms with Crippen LogP contribution in [0.2, 0.25) is 0 Å². The lowest BCUT2D eigenvalue weighted by atomic mass is 10.2. The molecule has 10 heteroatoms. The summed E-state index contributed by atoms with van der Waals surface area (Å²) in [5, 5.41) is 0.593. The van der Waals surface area contributed by atoms with E-state index in [4.69, 9.17) is 0 Å². The first kappa shape index (κ1) is 23.1.